The highest BCUT2D eigenvalue weighted by Crippen LogP contribution is 2.34. The molecule has 3 nitrogen and oxygen atoms in total. The van der Waals surface area contributed by atoms with Gasteiger partial charge >= 0.3 is 0 Å². The number of nitrogens with zero attached hydrogens (tertiary/aromatic N) is 1. The average Bonchev–Trinajstić information content (AvgIpc) is 2.14. The van der Waals surface area contributed by atoms with E-state index >= 15 is 0 Å². The van der Waals surface area contributed by atoms with Crippen LogP contribution in [0.3, 0.4) is 0 Å². The number of hydrogen-bond acceptors (Lipinski definition) is 2. The lowest BCUT2D eigenvalue weighted by atomic mass is 9.76. The number of amides is 1. The van der Waals surface area contributed by atoms with Gasteiger partial charge in [0.05, 0.1) is 6.04 Å². The molecular formula is C13H23NO2. The third-order valence-electron chi connectivity index (χ3n) is 3.45. The highest BCUT2D eigenvalue weighted by Gasteiger charge is 2.38. The van der Waals surface area contributed by atoms with Gasteiger partial charge in [0.2, 0.25) is 5.91 Å². The maximum Gasteiger partial charge on any atom is 0.220 e. The van der Waals surface area contributed by atoms with Crippen molar-refractivity contribution in [1.29, 1.82) is 0 Å². The van der Waals surface area contributed by atoms with Crippen LogP contribution in [0.5, 0.6) is 0 Å². The van der Waals surface area contributed by atoms with Crippen molar-refractivity contribution in [2.45, 2.75) is 53.5 Å². The van der Waals surface area contributed by atoms with Crippen LogP contribution in [-0.2, 0) is 9.59 Å². The lowest BCUT2D eigenvalue weighted by Gasteiger charge is -2.42. The molecule has 1 heterocycles. The van der Waals surface area contributed by atoms with E-state index in [1.807, 2.05) is 13.8 Å². The minimum Gasteiger partial charge on any atom is -0.333 e. The predicted octanol–water partition coefficient (Wildman–Crippen LogP) is 2.25. The van der Waals surface area contributed by atoms with Gasteiger partial charge in [-0.15, -0.1) is 0 Å². The lowest BCUT2D eigenvalue weighted by Crippen LogP contribution is -2.52. The zero-order valence-corrected chi connectivity index (χ0v) is 11.0. The Balaban J connectivity index is 2.88. The van der Waals surface area contributed by atoms with Gasteiger partial charge in [0, 0.05) is 19.4 Å². The third kappa shape index (κ3) is 2.83. The Bertz CT molecular complexity index is 294. The molecule has 1 rings (SSSR count). The van der Waals surface area contributed by atoms with Crippen LogP contribution in [0.15, 0.2) is 0 Å². The summed E-state index contributed by atoms with van der Waals surface area (Å²) < 4.78 is 0. The molecule has 92 valence electrons. The number of piperidine rings is 1. The number of carbonyl (C=O) groups excluding carboxylic acids is 2. The van der Waals surface area contributed by atoms with Crippen LogP contribution in [-0.4, -0.2) is 29.2 Å². The van der Waals surface area contributed by atoms with E-state index in [0.29, 0.717) is 6.54 Å². The normalized spacial score (nSPS) is 24.6. The quantitative estimate of drug-likeness (QED) is 0.723. The van der Waals surface area contributed by atoms with Crippen LogP contribution < -0.4 is 0 Å². The molecule has 0 saturated carbocycles. The van der Waals surface area contributed by atoms with Crippen molar-refractivity contribution in [3.8, 4) is 0 Å². The Morgan fingerprint density at radius 1 is 1.31 bits per heavy atom. The fourth-order valence-electron chi connectivity index (χ4n) is 2.33. The summed E-state index contributed by atoms with van der Waals surface area (Å²) in [6.45, 7) is 10.4. The SMILES string of the molecule is CC(=O)N1CCC(C)(C)CC1C(=O)C(C)C. The zero-order chi connectivity index (χ0) is 12.5. The maximum atomic E-state index is 12.1. The van der Waals surface area contributed by atoms with Gasteiger partial charge in [0.1, 0.15) is 0 Å². The van der Waals surface area contributed by atoms with Crippen molar-refractivity contribution >= 4 is 11.7 Å². The van der Waals surface area contributed by atoms with Gasteiger partial charge in [-0.25, -0.2) is 0 Å². The number of ketones is 1. The molecule has 1 aliphatic rings. The smallest absolute Gasteiger partial charge is 0.220 e. The van der Waals surface area contributed by atoms with Gasteiger partial charge in [0.25, 0.3) is 0 Å². The molecule has 0 aliphatic carbocycles. The monoisotopic (exact) mass is 225 g/mol. The van der Waals surface area contributed by atoms with Crippen molar-refractivity contribution in [1.82, 2.24) is 4.90 Å². The molecule has 1 amide bonds. The number of rotatable bonds is 2. The highest BCUT2D eigenvalue weighted by atomic mass is 16.2. The molecule has 1 saturated heterocycles. The van der Waals surface area contributed by atoms with Crippen molar-refractivity contribution in [3.05, 3.63) is 0 Å². The summed E-state index contributed by atoms with van der Waals surface area (Å²) in [6, 6.07) is -0.207. The topological polar surface area (TPSA) is 37.4 Å². The molecule has 0 bridgehead atoms. The summed E-state index contributed by atoms with van der Waals surface area (Å²) in [4.78, 5) is 25.4. The number of carbonyl (C=O) groups is 2. The van der Waals surface area contributed by atoms with Gasteiger partial charge in [-0.2, -0.15) is 0 Å². The predicted molar refractivity (Wildman–Crippen MR) is 64.0 cm³/mol. The Labute approximate surface area is 98.2 Å². The van der Waals surface area contributed by atoms with Crippen molar-refractivity contribution in [2.75, 3.05) is 6.54 Å². The zero-order valence-electron chi connectivity index (χ0n) is 11.0. The number of likely N-dealkylation sites (tertiary alicyclic amines) is 1. The summed E-state index contributed by atoms with van der Waals surface area (Å²) in [5.41, 5.74) is 0.168. The Kier molecular flexibility index (Phi) is 3.76. The van der Waals surface area contributed by atoms with E-state index in [2.05, 4.69) is 13.8 Å². The number of Topliss-reactive ketones (excluding diaryl/α,β-unsaturated/α-hetero) is 1. The second-order valence-corrected chi connectivity index (χ2v) is 5.90. The maximum absolute atomic E-state index is 12.1. The van der Waals surface area contributed by atoms with Crippen molar-refractivity contribution in [2.24, 2.45) is 11.3 Å². The minimum absolute atomic E-state index is 0.000694. The fraction of sp³-hybridized carbons (Fsp3) is 0.846. The summed E-state index contributed by atoms with van der Waals surface area (Å²) in [7, 11) is 0. The lowest BCUT2D eigenvalue weighted by molar-refractivity contribution is -0.143. The highest BCUT2D eigenvalue weighted by molar-refractivity contribution is 5.89. The summed E-state index contributed by atoms with van der Waals surface area (Å²) >= 11 is 0. The first-order valence-corrected chi connectivity index (χ1v) is 6.05. The fourth-order valence-corrected chi connectivity index (χ4v) is 2.33. The van der Waals surface area contributed by atoms with Crippen LogP contribution in [0, 0.1) is 11.3 Å². The van der Waals surface area contributed by atoms with Crippen LogP contribution in [0.2, 0.25) is 0 Å². The van der Waals surface area contributed by atoms with Gasteiger partial charge in [0.15, 0.2) is 5.78 Å². The standard InChI is InChI=1S/C13H23NO2/c1-9(2)12(16)11-8-13(4,5)6-7-14(11)10(3)15/h9,11H,6-8H2,1-5H3. The second-order valence-electron chi connectivity index (χ2n) is 5.90. The molecule has 1 atom stereocenters. The summed E-state index contributed by atoms with van der Waals surface area (Å²) in [5, 5.41) is 0. The average molecular weight is 225 g/mol. The van der Waals surface area contributed by atoms with Crippen molar-refractivity contribution < 1.29 is 9.59 Å². The third-order valence-corrected chi connectivity index (χ3v) is 3.45. The first kappa shape index (κ1) is 13.2. The van der Waals surface area contributed by atoms with Gasteiger partial charge in [-0.3, -0.25) is 9.59 Å². The molecule has 0 aromatic heterocycles. The Hall–Kier alpha value is -0.860. The van der Waals surface area contributed by atoms with Crippen LogP contribution in [0.25, 0.3) is 0 Å². The van der Waals surface area contributed by atoms with Crippen LogP contribution >= 0.6 is 0 Å². The van der Waals surface area contributed by atoms with E-state index in [1.165, 1.54) is 0 Å². The second kappa shape index (κ2) is 4.56. The molecule has 1 aliphatic heterocycles. The van der Waals surface area contributed by atoms with Gasteiger partial charge in [-0.1, -0.05) is 27.7 Å². The van der Waals surface area contributed by atoms with Gasteiger partial charge in [-0.05, 0) is 18.3 Å². The minimum atomic E-state index is -0.207. The van der Waals surface area contributed by atoms with Crippen molar-refractivity contribution in [3.63, 3.8) is 0 Å². The van der Waals surface area contributed by atoms with Crippen LogP contribution in [0.1, 0.15) is 47.5 Å². The van der Waals surface area contributed by atoms with E-state index in [9.17, 15) is 9.59 Å². The molecular weight excluding hydrogens is 202 g/mol. The summed E-state index contributed by atoms with van der Waals surface area (Å²) in [6.07, 6.45) is 1.78. The summed E-state index contributed by atoms with van der Waals surface area (Å²) in [5.74, 6) is 0.221. The molecule has 0 spiro atoms. The molecule has 0 aromatic rings. The Morgan fingerprint density at radius 2 is 1.88 bits per heavy atom. The van der Waals surface area contributed by atoms with Crippen LogP contribution in [0.4, 0.5) is 0 Å². The first-order chi connectivity index (χ1) is 7.24. The molecule has 16 heavy (non-hydrogen) atoms. The largest absolute Gasteiger partial charge is 0.333 e. The molecule has 0 aromatic carbocycles. The molecule has 0 radical (unpaired) electrons. The first-order valence-electron chi connectivity index (χ1n) is 6.05. The van der Waals surface area contributed by atoms with E-state index in [-0.39, 0.29) is 29.1 Å². The van der Waals surface area contributed by atoms with Gasteiger partial charge < -0.3 is 4.90 Å². The van der Waals surface area contributed by atoms with E-state index in [4.69, 9.17) is 0 Å². The Morgan fingerprint density at radius 3 is 2.31 bits per heavy atom. The van der Waals surface area contributed by atoms with E-state index in [0.717, 1.165) is 12.8 Å². The van der Waals surface area contributed by atoms with E-state index < -0.39 is 0 Å². The number of hydrogen-bond donors (Lipinski definition) is 0. The molecule has 0 N–H and O–H groups in total. The molecule has 1 fully saturated rings. The van der Waals surface area contributed by atoms with E-state index in [1.54, 1.807) is 11.8 Å². The molecule has 1 unspecified atom stereocenters. The molecule has 3 heteroatoms.